The maximum Gasteiger partial charge on any atom is 0.244 e. The van der Waals surface area contributed by atoms with Crippen molar-refractivity contribution in [2.45, 2.75) is 26.2 Å². The average molecular weight is 362 g/mol. The fourth-order valence-corrected chi connectivity index (χ4v) is 2.74. The van der Waals surface area contributed by atoms with E-state index in [2.05, 4.69) is 24.3 Å². The third kappa shape index (κ3) is 4.63. The Morgan fingerprint density at radius 3 is 2.52 bits per heavy atom. The summed E-state index contributed by atoms with van der Waals surface area (Å²) >= 11 is 6.16. The van der Waals surface area contributed by atoms with Crippen molar-refractivity contribution in [3.05, 3.63) is 52.3 Å². The second-order valence-electron chi connectivity index (χ2n) is 6.58. The van der Waals surface area contributed by atoms with E-state index in [1.165, 1.54) is 6.08 Å². The van der Waals surface area contributed by atoms with Gasteiger partial charge in [0.25, 0.3) is 0 Å². The van der Waals surface area contributed by atoms with Crippen LogP contribution in [0.15, 0.2) is 30.3 Å². The Hall–Kier alpha value is -2.27. The van der Waals surface area contributed by atoms with Crippen molar-refractivity contribution in [1.82, 2.24) is 15.1 Å². The molecule has 134 valence electrons. The minimum atomic E-state index is -0.197. The molecule has 5 nitrogen and oxygen atoms in total. The fourth-order valence-electron chi connectivity index (χ4n) is 2.51. The SMILES string of the molecule is COc1ccc(C(C)(C)CNC(=O)/C=C/c2c(C)nn(C)c2Cl)cc1. The number of benzene rings is 1. The van der Waals surface area contributed by atoms with Crippen LogP contribution in [0.5, 0.6) is 5.75 Å². The van der Waals surface area contributed by atoms with Gasteiger partial charge in [-0.05, 0) is 30.7 Å². The van der Waals surface area contributed by atoms with Crippen LogP contribution in [0, 0.1) is 6.92 Å². The molecular formula is C19H24ClN3O2. The first-order valence-electron chi connectivity index (χ1n) is 8.04. The Morgan fingerprint density at radius 2 is 2.00 bits per heavy atom. The van der Waals surface area contributed by atoms with E-state index in [0.717, 1.165) is 22.6 Å². The molecule has 0 aliphatic heterocycles. The lowest BCUT2D eigenvalue weighted by atomic mass is 9.84. The van der Waals surface area contributed by atoms with E-state index in [0.29, 0.717) is 11.7 Å². The first kappa shape index (κ1) is 19.1. The molecule has 2 rings (SSSR count). The van der Waals surface area contributed by atoms with Crippen LogP contribution in [0.3, 0.4) is 0 Å². The highest BCUT2D eigenvalue weighted by atomic mass is 35.5. The van der Waals surface area contributed by atoms with Gasteiger partial charge in [-0.3, -0.25) is 9.48 Å². The lowest BCUT2D eigenvalue weighted by Gasteiger charge is -2.25. The zero-order valence-corrected chi connectivity index (χ0v) is 16.0. The number of aryl methyl sites for hydroxylation is 2. The van der Waals surface area contributed by atoms with Crippen molar-refractivity contribution in [3.8, 4) is 5.75 Å². The van der Waals surface area contributed by atoms with E-state index in [-0.39, 0.29) is 11.3 Å². The molecule has 0 aliphatic carbocycles. The monoisotopic (exact) mass is 361 g/mol. The maximum absolute atomic E-state index is 12.1. The molecule has 0 spiro atoms. The Bertz CT molecular complexity index is 777. The van der Waals surface area contributed by atoms with Crippen LogP contribution in [0.25, 0.3) is 6.08 Å². The van der Waals surface area contributed by atoms with Crippen molar-refractivity contribution in [2.75, 3.05) is 13.7 Å². The van der Waals surface area contributed by atoms with Gasteiger partial charge in [0.1, 0.15) is 10.9 Å². The highest BCUT2D eigenvalue weighted by molar-refractivity contribution is 6.31. The quantitative estimate of drug-likeness (QED) is 0.801. The first-order valence-corrected chi connectivity index (χ1v) is 8.42. The van der Waals surface area contributed by atoms with Crippen molar-refractivity contribution < 1.29 is 9.53 Å². The summed E-state index contributed by atoms with van der Waals surface area (Å²) in [5.41, 5.74) is 2.48. The number of nitrogens with zero attached hydrogens (tertiary/aromatic N) is 2. The lowest BCUT2D eigenvalue weighted by Crippen LogP contribution is -2.35. The van der Waals surface area contributed by atoms with Crippen molar-refractivity contribution in [3.63, 3.8) is 0 Å². The predicted octanol–water partition coefficient (Wildman–Crippen LogP) is 3.50. The second kappa shape index (κ2) is 7.74. The summed E-state index contributed by atoms with van der Waals surface area (Å²) in [7, 11) is 3.41. The third-order valence-electron chi connectivity index (χ3n) is 4.17. The summed E-state index contributed by atoms with van der Waals surface area (Å²) in [6.45, 7) is 6.54. The number of carbonyl (C=O) groups excluding carboxylic acids is 1. The molecule has 6 heteroatoms. The largest absolute Gasteiger partial charge is 0.497 e. The number of nitrogens with one attached hydrogen (secondary N) is 1. The molecule has 0 saturated carbocycles. The van der Waals surface area contributed by atoms with E-state index in [1.54, 1.807) is 24.9 Å². The van der Waals surface area contributed by atoms with Gasteiger partial charge < -0.3 is 10.1 Å². The molecular weight excluding hydrogens is 338 g/mol. The van der Waals surface area contributed by atoms with Crippen molar-refractivity contribution in [1.29, 1.82) is 0 Å². The molecule has 1 N–H and O–H groups in total. The normalized spacial score (nSPS) is 11.8. The second-order valence-corrected chi connectivity index (χ2v) is 6.94. The van der Waals surface area contributed by atoms with Gasteiger partial charge in [0.15, 0.2) is 0 Å². The molecule has 1 heterocycles. The van der Waals surface area contributed by atoms with Crippen LogP contribution in [0.1, 0.15) is 30.7 Å². The van der Waals surface area contributed by atoms with Gasteiger partial charge >= 0.3 is 0 Å². The smallest absolute Gasteiger partial charge is 0.244 e. The number of halogens is 1. The summed E-state index contributed by atoms with van der Waals surface area (Å²) in [4.78, 5) is 12.1. The van der Waals surface area contributed by atoms with Gasteiger partial charge in [-0.2, -0.15) is 5.10 Å². The molecule has 25 heavy (non-hydrogen) atoms. The van der Waals surface area contributed by atoms with Crippen LogP contribution in [-0.2, 0) is 17.3 Å². The lowest BCUT2D eigenvalue weighted by molar-refractivity contribution is -0.116. The molecule has 1 amide bonds. The highest BCUT2D eigenvalue weighted by Gasteiger charge is 2.21. The minimum Gasteiger partial charge on any atom is -0.497 e. The molecule has 0 bridgehead atoms. The summed E-state index contributed by atoms with van der Waals surface area (Å²) in [6.07, 6.45) is 3.18. The standard InChI is InChI=1S/C19H24ClN3O2/c1-13-16(18(20)23(4)22-13)10-11-17(24)21-12-19(2,3)14-6-8-15(25-5)9-7-14/h6-11H,12H2,1-5H3,(H,21,24)/b11-10+. The zero-order valence-electron chi connectivity index (χ0n) is 15.3. The Labute approximate surface area is 153 Å². The minimum absolute atomic E-state index is 0.166. The predicted molar refractivity (Wildman–Crippen MR) is 101 cm³/mol. The Balaban J connectivity index is 1.99. The van der Waals surface area contributed by atoms with Crippen LogP contribution in [-0.4, -0.2) is 29.3 Å². The van der Waals surface area contributed by atoms with Gasteiger partial charge in [-0.15, -0.1) is 0 Å². The number of aromatic nitrogens is 2. The number of ether oxygens (including phenoxy) is 1. The Kier molecular flexibility index (Phi) is 5.90. The molecule has 0 unspecified atom stereocenters. The molecule has 0 radical (unpaired) electrons. The van der Waals surface area contributed by atoms with E-state index >= 15 is 0 Å². The number of carbonyl (C=O) groups is 1. The molecule has 1 aromatic heterocycles. The summed E-state index contributed by atoms with van der Waals surface area (Å²) in [5, 5.41) is 7.67. The number of rotatable bonds is 6. The topological polar surface area (TPSA) is 56.1 Å². The third-order valence-corrected chi connectivity index (χ3v) is 4.62. The average Bonchev–Trinajstić information content (AvgIpc) is 2.83. The number of hydrogen-bond acceptors (Lipinski definition) is 3. The van der Waals surface area contributed by atoms with Gasteiger partial charge in [-0.1, -0.05) is 37.6 Å². The van der Waals surface area contributed by atoms with Crippen LogP contribution in [0.2, 0.25) is 5.15 Å². The van der Waals surface area contributed by atoms with E-state index < -0.39 is 0 Å². The van der Waals surface area contributed by atoms with Gasteiger partial charge in [-0.25, -0.2) is 0 Å². The van der Waals surface area contributed by atoms with E-state index in [9.17, 15) is 4.79 Å². The number of amides is 1. The molecule has 0 saturated heterocycles. The van der Waals surface area contributed by atoms with Crippen molar-refractivity contribution >= 4 is 23.6 Å². The van der Waals surface area contributed by atoms with Crippen LogP contribution in [0.4, 0.5) is 0 Å². The van der Waals surface area contributed by atoms with Gasteiger partial charge in [0, 0.05) is 30.6 Å². The fraction of sp³-hybridized carbons (Fsp3) is 0.368. The number of hydrogen-bond donors (Lipinski definition) is 1. The zero-order chi connectivity index (χ0) is 18.6. The molecule has 2 aromatic rings. The van der Waals surface area contributed by atoms with Crippen LogP contribution < -0.4 is 10.1 Å². The van der Waals surface area contributed by atoms with Gasteiger partial charge in [0.2, 0.25) is 5.91 Å². The molecule has 1 aromatic carbocycles. The van der Waals surface area contributed by atoms with E-state index in [4.69, 9.17) is 16.3 Å². The summed E-state index contributed by atoms with van der Waals surface area (Å²) in [5.74, 6) is 0.649. The first-order chi connectivity index (χ1) is 11.7. The summed E-state index contributed by atoms with van der Waals surface area (Å²) < 4.78 is 6.76. The maximum atomic E-state index is 12.1. The van der Waals surface area contributed by atoms with Gasteiger partial charge in [0.05, 0.1) is 12.8 Å². The highest BCUT2D eigenvalue weighted by Crippen LogP contribution is 2.24. The number of methoxy groups -OCH3 is 1. The summed E-state index contributed by atoms with van der Waals surface area (Å²) in [6, 6.07) is 7.87. The molecule has 0 atom stereocenters. The van der Waals surface area contributed by atoms with Crippen LogP contribution >= 0.6 is 11.6 Å². The molecule has 0 aliphatic rings. The Morgan fingerprint density at radius 1 is 1.36 bits per heavy atom. The van der Waals surface area contributed by atoms with E-state index in [1.807, 2.05) is 31.2 Å². The van der Waals surface area contributed by atoms with Crippen molar-refractivity contribution in [2.24, 2.45) is 7.05 Å². The molecule has 0 fully saturated rings.